The maximum absolute atomic E-state index is 12.4. The molecule has 6 aromatic rings. The first-order valence-corrected chi connectivity index (χ1v) is 21.3. The van der Waals surface area contributed by atoms with Crippen molar-refractivity contribution >= 4 is 35.4 Å². The lowest BCUT2D eigenvalue weighted by atomic mass is 10.0. The van der Waals surface area contributed by atoms with Gasteiger partial charge >= 0.3 is 12.2 Å². The molecule has 0 bridgehead atoms. The van der Waals surface area contributed by atoms with Crippen molar-refractivity contribution in [3.8, 4) is 34.0 Å². The molecular weight excluding hydrogens is 817 g/mol. The molecule has 2 N–H and O–H groups in total. The molecule has 4 aliphatic heterocycles. The van der Waals surface area contributed by atoms with Crippen molar-refractivity contribution in [2.75, 3.05) is 49.2 Å². The van der Waals surface area contributed by atoms with Crippen LogP contribution in [0.3, 0.4) is 0 Å². The molecule has 6 heterocycles. The smallest absolute Gasteiger partial charge is 0.414 e. The predicted molar refractivity (Wildman–Crippen MR) is 237 cm³/mol. The minimum atomic E-state index is -0.429. The van der Waals surface area contributed by atoms with Crippen molar-refractivity contribution < 1.29 is 38.1 Å². The van der Waals surface area contributed by atoms with E-state index < -0.39 is 12.2 Å². The number of aromatic nitrogens is 4. The summed E-state index contributed by atoms with van der Waals surface area (Å²) in [5, 5.41) is 14.9. The highest BCUT2D eigenvalue weighted by molar-refractivity contribution is 5.92. The average molecular weight is 865 g/mol. The van der Waals surface area contributed by atoms with Crippen LogP contribution in [-0.2, 0) is 45.0 Å². The van der Waals surface area contributed by atoms with Crippen molar-refractivity contribution in [1.82, 2.24) is 30.2 Å². The summed E-state index contributed by atoms with van der Waals surface area (Å²) in [4.78, 5) is 50.2. The first-order valence-electron chi connectivity index (χ1n) is 21.3. The number of carbonyl (C=O) groups is 4. The van der Waals surface area contributed by atoms with Gasteiger partial charge in [0.25, 0.3) is 0 Å². The van der Waals surface area contributed by atoms with Crippen LogP contribution in [0.4, 0.5) is 21.0 Å². The van der Waals surface area contributed by atoms with Crippen LogP contribution in [-0.4, -0.2) is 95.2 Å². The number of fused-ring (bicyclic) bond motifs is 6. The van der Waals surface area contributed by atoms with Gasteiger partial charge in [0, 0.05) is 67.3 Å². The van der Waals surface area contributed by atoms with Crippen LogP contribution < -0.4 is 29.9 Å². The third-order valence-electron chi connectivity index (χ3n) is 11.3. The number of rotatable bonds is 10. The second-order valence-corrected chi connectivity index (χ2v) is 16.0. The highest BCUT2D eigenvalue weighted by Crippen LogP contribution is 2.40. The summed E-state index contributed by atoms with van der Waals surface area (Å²) >= 11 is 0. The van der Waals surface area contributed by atoms with Crippen LogP contribution >= 0.6 is 0 Å². The first kappa shape index (κ1) is 41.7. The topological polar surface area (TPSA) is 171 Å². The highest BCUT2D eigenvalue weighted by atomic mass is 16.6. The number of benzene rings is 4. The van der Waals surface area contributed by atoms with Crippen LogP contribution in [0.15, 0.2) is 109 Å². The third-order valence-corrected chi connectivity index (χ3v) is 11.3. The summed E-state index contributed by atoms with van der Waals surface area (Å²) < 4.78 is 26.8. The van der Waals surface area contributed by atoms with E-state index in [0.29, 0.717) is 75.4 Å². The molecule has 16 heteroatoms. The Morgan fingerprint density at radius 1 is 0.672 bits per heavy atom. The lowest BCUT2D eigenvalue weighted by Crippen LogP contribution is -2.33. The number of amides is 4. The van der Waals surface area contributed by atoms with Crippen LogP contribution in [0.1, 0.15) is 36.1 Å². The third kappa shape index (κ3) is 9.26. The lowest BCUT2D eigenvalue weighted by molar-refractivity contribution is -0.120. The zero-order chi connectivity index (χ0) is 44.2. The van der Waals surface area contributed by atoms with Gasteiger partial charge in [-0.3, -0.25) is 28.8 Å². The number of hydrogen-bond acceptors (Lipinski definition) is 10. The summed E-state index contributed by atoms with van der Waals surface area (Å²) in [7, 11) is 0. The quantitative estimate of drug-likeness (QED) is 0.167. The number of cyclic esters (lactones) is 2. The van der Waals surface area contributed by atoms with Gasteiger partial charge in [-0.1, -0.05) is 60.7 Å². The zero-order valence-electron chi connectivity index (χ0n) is 35.6. The van der Waals surface area contributed by atoms with E-state index in [1.807, 2.05) is 88.4 Å². The van der Waals surface area contributed by atoms with Gasteiger partial charge in [0.1, 0.15) is 23.7 Å². The Hall–Kier alpha value is -7.62. The van der Waals surface area contributed by atoms with E-state index in [-0.39, 0.29) is 24.0 Å². The van der Waals surface area contributed by atoms with Crippen molar-refractivity contribution in [3.63, 3.8) is 0 Å². The monoisotopic (exact) mass is 864 g/mol. The number of hydrogen-bond donors (Lipinski definition) is 2. The average Bonchev–Trinajstić information content (AvgIpc) is 4.03. The maximum Gasteiger partial charge on any atom is 0.414 e. The molecule has 328 valence electrons. The Kier molecular flexibility index (Phi) is 12.0. The molecule has 64 heavy (non-hydrogen) atoms. The molecule has 2 atom stereocenters. The van der Waals surface area contributed by atoms with E-state index in [2.05, 4.69) is 46.2 Å². The minimum Gasteiger partial charge on any atom is -0.492 e. The second kappa shape index (κ2) is 18.4. The second-order valence-electron chi connectivity index (χ2n) is 16.0. The van der Waals surface area contributed by atoms with E-state index in [9.17, 15) is 19.2 Å². The van der Waals surface area contributed by atoms with Crippen molar-refractivity contribution in [3.05, 3.63) is 132 Å². The standard InChI is InChI=1S/2C24H24N4O4/c1-16(29)25-13-20-15-27(24(30)32-20)19-7-8-21-22(11-19)31-10-9-18-12-26-28(23(18)21)14-17-5-3-2-4-6-17;1-16(29)25-12-20-15-28(24(30)32-20)19-7-8-21-22(11-19)31-10-9-18-14-27(26-23(18)21)13-17-5-3-2-4-6-17/h2-8,11-12,20H,9-10,13-15H2,1H3,(H,25,29);2-8,11,14,20H,9-10,12-13,15H2,1H3,(H,25,29)/t2*20-/m00/s1. The summed E-state index contributed by atoms with van der Waals surface area (Å²) in [5.41, 5.74) is 9.88. The lowest BCUT2D eigenvalue weighted by Gasteiger charge is -2.17. The van der Waals surface area contributed by atoms with Crippen LogP contribution in [0.2, 0.25) is 0 Å². The van der Waals surface area contributed by atoms with Gasteiger partial charge in [0.2, 0.25) is 11.8 Å². The van der Waals surface area contributed by atoms with Crippen molar-refractivity contribution in [1.29, 1.82) is 0 Å². The highest BCUT2D eigenvalue weighted by Gasteiger charge is 2.35. The predicted octanol–water partition coefficient (Wildman–Crippen LogP) is 5.99. The SMILES string of the molecule is CC(=O)NC[C@H]1CN(c2ccc3c(c2)OCCc2cn(Cc4ccccc4)nc2-3)C(=O)O1.CC(=O)NC[C@H]1CN(c2ccc3c(c2)OCCc2cnn(Cc4ccccc4)c2-3)C(=O)O1. The first-order chi connectivity index (χ1) is 31.1. The van der Waals surface area contributed by atoms with E-state index in [1.165, 1.54) is 25.0 Å². The molecule has 2 fully saturated rings. The van der Waals surface area contributed by atoms with Gasteiger partial charge in [0.05, 0.1) is 81.4 Å². The molecule has 16 nitrogen and oxygen atoms in total. The normalized spacial score (nSPS) is 17.1. The Bertz CT molecular complexity index is 2680. The van der Waals surface area contributed by atoms with E-state index in [4.69, 9.17) is 24.0 Å². The number of nitrogens with one attached hydrogen (secondary N) is 2. The Morgan fingerprint density at radius 2 is 1.20 bits per heavy atom. The number of carbonyl (C=O) groups excluding carboxylic acids is 4. The van der Waals surface area contributed by atoms with Gasteiger partial charge in [-0.15, -0.1) is 0 Å². The molecule has 0 aliphatic carbocycles. The van der Waals surface area contributed by atoms with Gasteiger partial charge in [-0.2, -0.15) is 10.2 Å². The van der Waals surface area contributed by atoms with E-state index in [1.54, 1.807) is 9.80 Å². The molecule has 10 rings (SSSR count). The fourth-order valence-electron chi connectivity index (χ4n) is 8.24. The van der Waals surface area contributed by atoms with Crippen LogP contribution in [0, 0.1) is 0 Å². The summed E-state index contributed by atoms with van der Waals surface area (Å²) in [5.74, 6) is 1.11. The molecule has 4 aliphatic rings. The largest absolute Gasteiger partial charge is 0.492 e. The van der Waals surface area contributed by atoms with Gasteiger partial charge < -0.3 is 29.6 Å². The fourth-order valence-corrected chi connectivity index (χ4v) is 8.24. The van der Waals surface area contributed by atoms with Crippen LogP contribution in [0.25, 0.3) is 22.5 Å². The van der Waals surface area contributed by atoms with Crippen molar-refractivity contribution in [2.45, 2.75) is 52.0 Å². The maximum atomic E-state index is 12.4. The Morgan fingerprint density at radius 3 is 1.78 bits per heavy atom. The van der Waals surface area contributed by atoms with E-state index in [0.717, 1.165) is 46.5 Å². The molecule has 0 saturated carbocycles. The van der Waals surface area contributed by atoms with E-state index >= 15 is 0 Å². The Balaban J connectivity index is 0.000000162. The number of anilines is 2. The summed E-state index contributed by atoms with van der Waals surface area (Å²) in [6.07, 6.45) is 3.90. The molecule has 2 aromatic heterocycles. The summed E-state index contributed by atoms with van der Waals surface area (Å²) in [6.45, 7) is 6.65. The Labute approximate surface area is 369 Å². The molecular formula is C48H48N8O8. The summed E-state index contributed by atoms with van der Waals surface area (Å²) in [6, 6.07) is 31.9. The van der Waals surface area contributed by atoms with Gasteiger partial charge in [-0.05, 0) is 35.4 Å². The molecule has 2 saturated heterocycles. The fraction of sp³-hybridized carbons (Fsp3) is 0.292. The zero-order valence-corrected chi connectivity index (χ0v) is 35.6. The molecule has 4 aromatic carbocycles. The minimum absolute atomic E-state index is 0.152. The van der Waals surface area contributed by atoms with Gasteiger partial charge in [0.15, 0.2) is 0 Å². The number of nitrogens with zero attached hydrogens (tertiary/aromatic N) is 6. The number of ether oxygens (including phenoxy) is 4. The molecule has 0 radical (unpaired) electrons. The van der Waals surface area contributed by atoms with Crippen molar-refractivity contribution in [2.24, 2.45) is 0 Å². The molecule has 0 unspecified atom stereocenters. The van der Waals surface area contributed by atoms with Crippen LogP contribution in [0.5, 0.6) is 11.5 Å². The molecule has 4 amide bonds. The molecule has 0 spiro atoms. The van der Waals surface area contributed by atoms with Gasteiger partial charge in [-0.25, -0.2) is 9.59 Å².